The number of fused-ring (bicyclic) bond motifs is 1. The Morgan fingerprint density at radius 3 is 2.96 bits per heavy atom. The number of phenols is 1. The average Bonchev–Trinajstić information content (AvgIpc) is 3.00. The van der Waals surface area contributed by atoms with E-state index < -0.39 is 0 Å². The molecule has 4 rings (SSSR count). The van der Waals surface area contributed by atoms with Gasteiger partial charge in [-0.3, -0.25) is 9.47 Å². The summed E-state index contributed by atoms with van der Waals surface area (Å²) in [6.07, 6.45) is 1.98. The summed E-state index contributed by atoms with van der Waals surface area (Å²) in [5.74, 6) is 0.389. The Hall–Kier alpha value is -2.73. The molecule has 0 spiro atoms. The molecule has 0 unspecified atom stereocenters. The van der Waals surface area contributed by atoms with E-state index in [4.69, 9.17) is 9.15 Å². The normalized spacial score (nSPS) is 18.0. The van der Waals surface area contributed by atoms with Crippen molar-refractivity contribution in [2.45, 2.75) is 32.4 Å². The van der Waals surface area contributed by atoms with E-state index >= 15 is 0 Å². The Morgan fingerprint density at radius 1 is 1.26 bits per heavy atom. The molecule has 0 aliphatic carbocycles. The van der Waals surface area contributed by atoms with Crippen LogP contribution in [0.4, 0.5) is 0 Å². The van der Waals surface area contributed by atoms with Crippen molar-refractivity contribution >= 4 is 11.1 Å². The molecule has 27 heavy (non-hydrogen) atoms. The largest absolute Gasteiger partial charge is 0.504 e. The lowest BCUT2D eigenvalue weighted by Gasteiger charge is -2.33. The number of benzene rings is 2. The van der Waals surface area contributed by atoms with Crippen LogP contribution in [0.3, 0.4) is 0 Å². The Labute approximate surface area is 157 Å². The van der Waals surface area contributed by atoms with Crippen LogP contribution in [-0.4, -0.2) is 34.3 Å². The van der Waals surface area contributed by atoms with Gasteiger partial charge in [-0.1, -0.05) is 18.2 Å². The number of hydrogen-bond acceptors (Lipinski definition) is 5. The molecule has 6 heteroatoms. The molecular weight excluding hydrogens is 344 g/mol. The monoisotopic (exact) mass is 368 g/mol. The number of aromatic nitrogens is 1. The third-order valence-electron chi connectivity index (χ3n) is 5.09. The van der Waals surface area contributed by atoms with Crippen LogP contribution < -0.4 is 10.5 Å². The van der Waals surface area contributed by atoms with Crippen molar-refractivity contribution in [2.75, 3.05) is 19.7 Å². The van der Waals surface area contributed by atoms with Crippen LogP contribution in [0.25, 0.3) is 11.1 Å². The molecule has 1 fully saturated rings. The van der Waals surface area contributed by atoms with Crippen LogP contribution in [0.15, 0.2) is 51.7 Å². The van der Waals surface area contributed by atoms with Crippen molar-refractivity contribution in [2.24, 2.45) is 0 Å². The summed E-state index contributed by atoms with van der Waals surface area (Å²) in [5.41, 5.74) is 2.58. The number of oxazole rings is 1. The van der Waals surface area contributed by atoms with Crippen LogP contribution >= 0.6 is 0 Å². The fraction of sp³-hybridized carbons (Fsp3) is 0.381. The predicted octanol–water partition coefficient (Wildman–Crippen LogP) is 3.54. The number of phenolic OH excluding ortho intramolecular Hbond substituents is 1. The Balaban J connectivity index is 1.54. The SMILES string of the molecule is CCOc1cc(CN2CCC[C@@H](n3c(=O)oc4ccccc43)C2)ccc1O. The second-order valence-electron chi connectivity index (χ2n) is 6.97. The zero-order chi connectivity index (χ0) is 18.8. The van der Waals surface area contributed by atoms with Crippen molar-refractivity contribution < 1.29 is 14.3 Å². The van der Waals surface area contributed by atoms with Crippen molar-refractivity contribution in [3.05, 3.63) is 58.6 Å². The lowest BCUT2D eigenvalue weighted by Crippen LogP contribution is -2.38. The first-order valence-electron chi connectivity index (χ1n) is 9.43. The minimum atomic E-state index is -0.286. The van der Waals surface area contributed by atoms with Crippen LogP contribution in [0.2, 0.25) is 0 Å². The molecule has 1 aliphatic heterocycles. The highest BCUT2D eigenvalue weighted by atomic mass is 16.5. The molecule has 0 amide bonds. The van der Waals surface area contributed by atoms with Gasteiger partial charge in [-0.2, -0.15) is 0 Å². The highest BCUT2D eigenvalue weighted by Crippen LogP contribution is 2.29. The predicted molar refractivity (Wildman–Crippen MR) is 103 cm³/mol. The lowest BCUT2D eigenvalue weighted by molar-refractivity contribution is 0.167. The summed E-state index contributed by atoms with van der Waals surface area (Å²) < 4.78 is 12.7. The van der Waals surface area contributed by atoms with E-state index in [1.54, 1.807) is 10.6 Å². The molecular formula is C21H24N2O4. The maximum absolute atomic E-state index is 12.4. The third-order valence-corrected chi connectivity index (χ3v) is 5.09. The zero-order valence-electron chi connectivity index (χ0n) is 15.4. The molecule has 3 aromatic rings. The highest BCUT2D eigenvalue weighted by molar-refractivity contribution is 5.72. The summed E-state index contributed by atoms with van der Waals surface area (Å²) in [4.78, 5) is 14.7. The van der Waals surface area contributed by atoms with Crippen molar-refractivity contribution in [3.8, 4) is 11.5 Å². The molecule has 1 N–H and O–H groups in total. The standard InChI is InChI=1S/C21H24N2O4/c1-2-26-20-12-15(9-10-18(20)24)13-22-11-5-6-16(14-22)23-17-7-3-4-8-19(17)27-21(23)25/h3-4,7-10,12,16,24H,2,5-6,11,13-14H2,1H3/t16-/m1/s1. The zero-order valence-corrected chi connectivity index (χ0v) is 15.4. The molecule has 0 saturated carbocycles. The van der Waals surface area contributed by atoms with Gasteiger partial charge in [-0.25, -0.2) is 4.79 Å². The van der Waals surface area contributed by atoms with Crippen molar-refractivity contribution in [3.63, 3.8) is 0 Å². The summed E-state index contributed by atoms with van der Waals surface area (Å²) >= 11 is 0. The molecule has 1 aromatic heterocycles. The first kappa shape index (κ1) is 17.7. The number of aromatic hydroxyl groups is 1. The molecule has 1 saturated heterocycles. The number of ether oxygens (including phenoxy) is 1. The van der Waals surface area contributed by atoms with E-state index in [-0.39, 0.29) is 17.5 Å². The van der Waals surface area contributed by atoms with E-state index in [9.17, 15) is 9.90 Å². The Morgan fingerprint density at radius 2 is 2.11 bits per heavy atom. The summed E-state index contributed by atoms with van der Waals surface area (Å²) in [7, 11) is 0. The molecule has 2 heterocycles. The van der Waals surface area contributed by atoms with Gasteiger partial charge in [-0.05, 0) is 56.1 Å². The number of likely N-dealkylation sites (tertiary alicyclic amines) is 1. The maximum Gasteiger partial charge on any atom is 0.420 e. The molecule has 142 valence electrons. The molecule has 6 nitrogen and oxygen atoms in total. The molecule has 1 atom stereocenters. The summed E-state index contributed by atoms with van der Waals surface area (Å²) in [6.45, 7) is 4.93. The van der Waals surface area contributed by atoms with Crippen LogP contribution in [0, 0.1) is 0 Å². The first-order chi connectivity index (χ1) is 13.2. The number of nitrogens with zero attached hydrogens (tertiary/aromatic N) is 2. The third kappa shape index (κ3) is 3.57. The van der Waals surface area contributed by atoms with E-state index in [2.05, 4.69) is 4.90 Å². The van der Waals surface area contributed by atoms with E-state index in [1.165, 1.54) is 0 Å². The molecule has 1 aliphatic rings. The fourth-order valence-electron chi connectivity index (χ4n) is 3.90. The number of rotatable bonds is 5. The van der Waals surface area contributed by atoms with Gasteiger partial charge in [0.15, 0.2) is 17.1 Å². The van der Waals surface area contributed by atoms with Gasteiger partial charge in [0.05, 0.1) is 18.2 Å². The van der Waals surface area contributed by atoms with Crippen molar-refractivity contribution in [1.29, 1.82) is 0 Å². The number of piperidine rings is 1. The minimum absolute atomic E-state index is 0.0957. The van der Waals surface area contributed by atoms with Gasteiger partial charge in [0.25, 0.3) is 0 Å². The topological polar surface area (TPSA) is 67.8 Å². The van der Waals surface area contributed by atoms with Crippen molar-refractivity contribution in [1.82, 2.24) is 9.47 Å². The van der Waals surface area contributed by atoms with Gasteiger partial charge in [0.1, 0.15) is 0 Å². The summed E-state index contributed by atoms with van der Waals surface area (Å²) in [5, 5.41) is 9.88. The van der Waals surface area contributed by atoms with E-state index in [0.717, 1.165) is 43.6 Å². The van der Waals surface area contributed by atoms with Crippen LogP contribution in [0.5, 0.6) is 11.5 Å². The van der Waals surface area contributed by atoms with Crippen LogP contribution in [0.1, 0.15) is 31.4 Å². The Bertz CT molecular complexity index is 991. The average molecular weight is 368 g/mol. The minimum Gasteiger partial charge on any atom is -0.504 e. The molecule has 0 radical (unpaired) electrons. The fourth-order valence-corrected chi connectivity index (χ4v) is 3.90. The second-order valence-corrected chi connectivity index (χ2v) is 6.97. The molecule has 0 bridgehead atoms. The maximum atomic E-state index is 12.4. The lowest BCUT2D eigenvalue weighted by atomic mass is 10.0. The van der Waals surface area contributed by atoms with Gasteiger partial charge < -0.3 is 14.3 Å². The molecule has 2 aromatic carbocycles. The number of hydrogen-bond donors (Lipinski definition) is 1. The van der Waals surface area contributed by atoms with E-state index in [0.29, 0.717) is 17.9 Å². The van der Waals surface area contributed by atoms with Crippen LogP contribution in [-0.2, 0) is 6.54 Å². The number of para-hydroxylation sites is 2. The first-order valence-corrected chi connectivity index (χ1v) is 9.43. The van der Waals surface area contributed by atoms with Gasteiger partial charge in [0.2, 0.25) is 0 Å². The van der Waals surface area contributed by atoms with Gasteiger partial charge >= 0.3 is 5.76 Å². The van der Waals surface area contributed by atoms with E-state index in [1.807, 2.05) is 43.3 Å². The second kappa shape index (κ2) is 7.48. The van der Waals surface area contributed by atoms with Gasteiger partial charge in [0, 0.05) is 13.1 Å². The Kier molecular flexibility index (Phi) is 4.90. The van der Waals surface area contributed by atoms with Gasteiger partial charge in [-0.15, -0.1) is 0 Å². The highest BCUT2D eigenvalue weighted by Gasteiger charge is 2.25. The summed E-state index contributed by atoms with van der Waals surface area (Å²) in [6, 6.07) is 13.2. The smallest absolute Gasteiger partial charge is 0.420 e. The quantitative estimate of drug-likeness (QED) is 0.746.